The van der Waals surface area contributed by atoms with Crippen molar-refractivity contribution in [2.24, 2.45) is 11.8 Å². The molecule has 4 aliphatic rings. The minimum absolute atomic E-state index is 0.0192. The standard InChI is InChI=1S/C22H30N4O3/c1-25(11-9-15-12-23-24-13-15)20(27)18-17-8-10-22(29-17)14-26(21(28)19(18)22)16-6-4-2-3-5-7-16/h8,10,12-13,16-19H,2-7,9,11,14H2,1H3,(H,23,24)/t17-,18-,19+,22-/m0/s1. The molecule has 1 spiro atoms. The molecule has 29 heavy (non-hydrogen) atoms. The van der Waals surface area contributed by atoms with Crippen LogP contribution in [0.15, 0.2) is 24.5 Å². The Morgan fingerprint density at radius 3 is 2.86 bits per heavy atom. The van der Waals surface area contributed by atoms with Gasteiger partial charge >= 0.3 is 0 Å². The van der Waals surface area contributed by atoms with Gasteiger partial charge in [-0.1, -0.05) is 37.8 Å². The summed E-state index contributed by atoms with van der Waals surface area (Å²) in [5.41, 5.74) is 0.474. The Morgan fingerprint density at radius 2 is 2.14 bits per heavy atom. The third-order valence-electron chi connectivity index (χ3n) is 7.35. The van der Waals surface area contributed by atoms with Gasteiger partial charge in [-0.25, -0.2) is 0 Å². The third-order valence-corrected chi connectivity index (χ3v) is 7.35. The van der Waals surface area contributed by atoms with Crippen LogP contribution in [0.5, 0.6) is 0 Å². The number of aromatic amines is 1. The van der Waals surface area contributed by atoms with Crippen molar-refractivity contribution in [1.82, 2.24) is 20.0 Å². The number of hydrogen-bond donors (Lipinski definition) is 1. The van der Waals surface area contributed by atoms with Gasteiger partial charge in [0.15, 0.2) is 0 Å². The van der Waals surface area contributed by atoms with Crippen molar-refractivity contribution in [2.45, 2.75) is 62.7 Å². The average molecular weight is 399 g/mol. The second-order valence-electron chi connectivity index (χ2n) is 9.13. The zero-order valence-corrected chi connectivity index (χ0v) is 17.0. The maximum absolute atomic E-state index is 13.5. The molecule has 1 aromatic rings. The average Bonchev–Trinajstić information content (AvgIpc) is 3.45. The Hall–Kier alpha value is -2.15. The highest BCUT2D eigenvalue weighted by molar-refractivity contribution is 5.93. The second kappa shape index (κ2) is 7.27. The van der Waals surface area contributed by atoms with Gasteiger partial charge in [0, 0.05) is 25.8 Å². The van der Waals surface area contributed by atoms with E-state index in [-0.39, 0.29) is 23.8 Å². The number of rotatable bonds is 5. The van der Waals surface area contributed by atoms with Crippen LogP contribution in [0, 0.1) is 11.8 Å². The van der Waals surface area contributed by atoms with Gasteiger partial charge in [-0.15, -0.1) is 0 Å². The van der Waals surface area contributed by atoms with E-state index in [0.29, 0.717) is 19.1 Å². The fraction of sp³-hybridized carbons (Fsp3) is 0.682. The summed E-state index contributed by atoms with van der Waals surface area (Å²) in [6.45, 7) is 1.21. The molecule has 1 N–H and O–H groups in total. The summed E-state index contributed by atoms with van der Waals surface area (Å²) in [6, 6.07) is 0.301. The zero-order valence-electron chi connectivity index (χ0n) is 17.0. The monoisotopic (exact) mass is 398 g/mol. The number of carbonyl (C=O) groups excluding carboxylic acids is 2. The molecule has 2 amide bonds. The molecule has 5 rings (SSSR count). The molecule has 4 atom stereocenters. The van der Waals surface area contributed by atoms with E-state index in [9.17, 15) is 9.59 Å². The molecule has 1 aliphatic carbocycles. The van der Waals surface area contributed by atoms with Gasteiger partial charge in [-0.2, -0.15) is 5.10 Å². The molecule has 156 valence electrons. The number of fused-ring (bicyclic) bond motifs is 1. The summed E-state index contributed by atoms with van der Waals surface area (Å²) >= 11 is 0. The summed E-state index contributed by atoms with van der Waals surface area (Å²) in [5, 5.41) is 6.76. The van der Waals surface area contributed by atoms with Crippen LogP contribution >= 0.6 is 0 Å². The quantitative estimate of drug-likeness (QED) is 0.607. The highest BCUT2D eigenvalue weighted by Gasteiger charge is 2.67. The van der Waals surface area contributed by atoms with Gasteiger partial charge in [-0.3, -0.25) is 14.7 Å². The van der Waals surface area contributed by atoms with E-state index in [1.807, 2.05) is 24.2 Å². The fourth-order valence-corrected chi connectivity index (χ4v) is 5.76. The lowest BCUT2D eigenvalue weighted by Gasteiger charge is -2.30. The zero-order chi connectivity index (χ0) is 20.0. The van der Waals surface area contributed by atoms with Gasteiger partial charge in [0.05, 0.1) is 30.7 Å². The highest BCUT2D eigenvalue weighted by Crippen LogP contribution is 2.53. The van der Waals surface area contributed by atoms with Crippen LogP contribution in [0.4, 0.5) is 0 Å². The number of amides is 2. The molecule has 7 nitrogen and oxygen atoms in total. The summed E-state index contributed by atoms with van der Waals surface area (Å²) in [6.07, 6.45) is 15.2. The van der Waals surface area contributed by atoms with Crippen LogP contribution in [0.25, 0.3) is 0 Å². The maximum Gasteiger partial charge on any atom is 0.230 e. The summed E-state index contributed by atoms with van der Waals surface area (Å²) < 4.78 is 6.30. The number of nitrogens with zero attached hydrogens (tertiary/aromatic N) is 3. The van der Waals surface area contributed by atoms with Crippen LogP contribution in [-0.4, -0.2) is 69.7 Å². The van der Waals surface area contributed by atoms with Crippen molar-refractivity contribution in [3.63, 3.8) is 0 Å². The first-order valence-corrected chi connectivity index (χ1v) is 11.0. The first-order chi connectivity index (χ1) is 14.1. The number of likely N-dealkylation sites (N-methyl/N-ethyl adjacent to an activating group) is 1. The largest absolute Gasteiger partial charge is 0.360 e. The lowest BCUT2D eigenvalue weighted by Crippen LogP contribution is -2.45. The van der Waals surface area contributed by atoms with Crippen molar-refractivity contribution in [2.75, 3.05) is 20.1 Å². The van der Waals surface area contributed by atoms with Gasteiger partial charge < -0.3 is 14.5 Å². The van der Waals surface area contributed by atoms with Crippen LogP contribution in [0.2, 0.25) is 0 Å². The van der Waals surface area contributed by atoms with E-state index >= 15 is 0 Å². The van der Waals surface area contributed by atoms with E-state index in [2.05, 4.69) is 16.3 Å². The molecule has 3 fully saturated rings. The van der Waals surface area contributed by atoms with Gasteiger partial charge in [0.25, 0.3) is 0 Å². The molecule has 4 heterocycles. The normalized spacial score (nSPS) is 33.9. The van der Waals surface area contributed by atoms with Crippen LogP contribution in [-0.2, 0) is 20.7 Å². The Balaban J connectivity index is 1.32. The van der Waals surface area contributed by atoms with Crippen molar-refractivity contribution < 1.29 is 14.3 Å². The molecule has 3 aliphatic heterocycles. The predicted molar refractivity (Wildman–Crippen MR) is 107 cm³/mol. The number of nitrogens with one attached hydrogen (secondary N) is 1. The number of carbonyl (C=O) groups is 2. The Kier molecular flexibility index (Phi) is 4.73. The molecule has 2 bridgehead atoms. The van der Waals surface area contributed by atoms with Crippen LogP contribution < -0.4 is 0 Å². The van der Waals surface area contributed by atoms with Crippen molar-refractivity contribution >= 4 is 11.8 Å². The van der Waals surface area contributed by atoms with Crippen molar-refractivity contribution in [3.8, 4) is 0 Å². The SMILES string of the molecule is CN(CCc1cn[nH]c1)C(=O)[C@H]1[C@@H]2C=C[C@@]3(CN(C4CCCCCC4)C(=O)[C@@H]13)O2. The molecule has 0 radical (unpaired) electrons. The minimum Gasteiger partial charge on any atom is -0.360 e. The molecule has 0 aromatic carbocycles. The molecule has 1 saturated carbocycles. The maximum atomic E-state index is 13.5. The van der Waals surface area contributed by atoms with Gasteiger partial charge in [0.1, 0.15) is 5.60 Å². The van der Waals surface area contributed by atoms with E-state index in [0.717, 1.165) is 24.8 Å². The van der Waals surface area contributed by atoms with Crippen LogP contribution in [0.3, 0.4) is 0 Å². The van der Waals surface area contributed by atoms with Crippen LogP contribution in [0.1, 0.15) is 44.1 Å². The lowest BCUT2D eigenvalue weighted by molar-refractivity contribution is -0.143. The summed E-state index contributed by atoms with van der Waals surface area (Å²) in [5.74, 6) is -0.627. The van der Waals surface area contributed by atoms with Gasteiger partial charge in [-0.05, 0) is 24.8 Å². The van der Waals surface area contributed by atoms with E-state index < -0.39 is 11.5 Å². The van der Waals surface area contributed by atoms with Crippen molar-refractivity contribution in [3.05, 3.63) is 30.1 Å². The first-order valence-electron chi connectivity index (χ1n) is 11.0. The fourth-order valence-electron chi connectivity index (χ4n) is 5.76. The molecular formula is C22H30N4O3. The first kappa shape index (κ1) is 18.9. The number of likely N-dealkylation sites (tertiary alicyclic amines) is 1. The highest BCUT2D eigenvalue weighted by atomic mass is 16.5. The lowest BCUT2D eigenvalue weighted by atomic mass is 9.76. The Morgan fingerprint density at radius 1 is 1.34 bits per heavy atom. The third kappa shape index (κ3) is 3.10. The molecule has 0 unspecified atom stereocenters. The number of H-pyrrole nitrogens is 1. The second-order valence-corrected chi connectivity index (χ2v) is 9.13. The molecule has 1 aromatic heterocycles. The summed E-state index contributed by atoms with van der Waals surface area (Å²) in [4.78, 5) is 30.6. The van der Waals surface area contributed by atoms with E-state index in [4.69, 9.17) is 4.74 Å². The smallest absolute Gasteiger partial charge is 0.230 e. The molecular weight excluding hydrogens is 368 g/mol. The Bertz CT molecular complexity index is 799. The number of aromatic nitrogens is 2. The summed E-state index contributed by atoms with van der Waals surface area (Å²) in [7, 11) is 1.83. The minimum atomic E-state index is -0.597. The molecule has 7 heteroatoms. The van der Waals surface area contributed by atoms with E-state index in [1.165, 1.54) is 25.7 Å². The number of ether oxygens (including phenoxy) is 1. The van der Waals surface area contributed by atoms with E-state index in [1.54, 1.807) is 11.1 Å². The van der Waals surface area contributed by atoms with Crippen molar-refractivity contribution in [1.29, 1.82) is 0 Å². The topological polar surface area (TPSA) is 78.5 Å². The van der Waals surface area contributed by atoms with Gasteiger partial charge in [0.2, 0.25) is 11.8 Å². The Labute approximate surface area is 171 Å². The predicted octanol–water partition coefficient (Wildman–Crippen LogP) is 1.92. The molecule has 2 saturated heterocycles. The number of hydrogen-bond acceptors (Lipinski definition) is 4.